The number of nitrogens with two attached hydrogens (primary N) is 1. The molecule has 0 fully saturated rings. The van der Waals surface area contributed by atoms with Crippen molar-refractivity contribution in [1.82, 2.24) is 20.1 Å². The van der Waals surface area contributed by atoms with Crippen LogP contribution in [0.15, 0.2) is 18.5 Å². The SMILES string of the molecule is CC(C)(N)CNC(=O)c1cnn(-c2ncc(Cl)cc2Cl)c1C(F)(F)F. The average molecular weight is 396 g/mol. The van der Waals surface area contributed by atoms with E-state index in [1.165, 1.54) is 6.07 Å². The second kappa shape index (κ2) is 6.81. The molecule has 0 spiro atoms. The minimum Gasteiger partial charge on any atom is -0.350 e. The molecule has 2 heterocycles. The highest BCUT2D eigenvalue weighted by Gasteiger charge is 2.41. The van der Waals surface area contributed by atoms with Gasteiger partial charge in [0.05, 0.1) is 21.8 Å². The van der Waals surface area contributed by atoms with E-state index in [1.54, 1.807) is 13.8 Å². The van der Waals surface area contributed by atoms with Crippen LogP contribution >= 0.6 is 23.2 Å². The van der Waals surface area contributed by atoms with Crippen molar-refractivity contribution in [3.8, 4) is 5.82 Å². The molecule has 0 aliphatic carbocycles. The third-order valence-electron chi connectivity index (χ3n) is 2.98. The summed E-state index contributed by atoms with van der Waals surface area (Å²) < 4.78 is 41.0. The predicted octanol–water partition coefficient (Wildman–Crippen LogP) is 3.06. The van der Waals surface area contributed by atoms with Gasteiger partial charge in [-0.25, -0.2) is 9.67 Å². The van der Waals surface area contributed by atoms with Crippen LogP contribution in [0.2, 0.25) is 10.0 Å². The van der Waals surface area contributed by atoms with Gasteiger partial charge in [0.25, 0.3) is 5.91 Å². The average Bonchev–Trinajstić information content (AvgIpc) is 2.88. The van der Waals surface area contributed by atoms with Crippen LogP contribution in [0, 0.1) is 0 Å². The third-order valence-corrected chi connectivity index (χ3v) is 3.46. The summed E-state index contributed by atoms with van der Waals surface area (Å²) in [5.41, 5.74) is 2.97. The van der Waals surface area contributed by atoms with Crippen LogP contribution in [0.1, 0.15) is 29.9 Å². The Morgan fingerprint density at radius 1 is 1.32 bits per heavy atom. The van der Waals surface area contributed by atoms with Crippen molar-refractivity contribution in [2.75, 3.05) is 6.54 Å². The number of hydrogen-bond donors (Lipinski definition) is 2. The van der Waals surface area contributed by atoms with Gasteiger partial charge >= 0.3 is 6.18 Å². The molecule has 2 aromatic heterocycles. The van der Waals surface area contributed by atoms with Gasteiger partial charge in [-0.15, -0.1) is 0 Å². The number of amides is 1. The molecule has 0 atom stereocenters. The van der Waals surface area contributed by atoms with E-state index in [2.05, 4.69) is 15.4 Å². The lowest BCUT2D eigenvalue weighted by Crippen LogP contribution is -2.45. The van der Waals surface area contributed by atoms with Crippen LogP contribution in [0.3, 0.4) is 0 Å². The number of halogens is 5. The minimum atomic E-state index is -4.87. The van der Waals surface area contributed by atoms with E-state index in [1.807, 2.05) is 0 Å². The summed E-state index contributed by atoms with van der Waals surface area (Å²) in [6, 6.07) is 1.23. The van der Waals surface area contributed by atoms with Gasteiger partial charge < -0.3 is 11.1 Å². The zero-order valence-corrected chi connectivity index (χ0v) is 14.7. The quantitative estimate of drug-likeness (QED) is 0.832. The van der Waals surface area contributed by atoms with Crippen LogP contribution in [0.5, 0.6) is 0 Å². The van der Waals surface area contributed by atoms with E-state index in [0.29, 0.717) is 4.68 Å². The summed E-state index contributed by atoms with van der Waals surface area (Å²) in [6.07, 6.45) is -2.94. The van der Waals surface area contributed by atoms with Gasteiger partial charge in [0.1, 0.15) is 0 Å². The Morgan fingerprint density at radius 2 is 1.96 bits per heavy atom. The number of carbonyl (C=O) groups is 1. The van der Waals surface area contributed by atoms with Gasteiger partial charge in [-0.2, -0.15) is 18.3 Å². The third kappa shape index (κ3) is 4.62. The molecule has 0 bridgehead atoms. The molecule has 25 heavy (non-hydrogen) atoms. The predicted molar refractivity (Wildman–Crippen MR) is 87.0 cm³/mol. The molecule has 0 aliphatic rings. The fourth-order valence-corrected chi connectivity index (χ4v) is 2.37. The van der Waals surface area contributed by atoms with Crippen molar-refractivity contribution < 1.29 is 18.0 Å². The van der Waals surface area contributed by atoms with Gasteiger partial charge in [0.2, 0.25) is 0 Å². The molecule has 6 nitrogen and oxygen atoms in total. The normalized spacial score (nSPS) is 12.3. The molecule has 0 unspecified atom stereocenters. The van der Waals surface area contributed by atoms with Crippen molar-refractivity contribution in [2.24, 2.45) is 5.73 Å². The van der Waals surface area contributed by atoms with Gasteiger partial charge in [-0.3, -0.25) is 4.79 Å². The van der Waals surface area contributed by atoms with Crippen molar-refractivity contribution in [1.29, 1.82) is 0 Å². The standard InChI is InChI=1S/C14H14Cl2F3N5O/c1-13(2,20)6-22-12(25)8-5-23-24(10(8)14(17,18)19)11-9(16)3-7(15)4-21-11/h3-5H,6,20H2,1-2H3,(H,22,25). The van der Waals surface area contributed by atoms with Crippen LogP contribution in [-0.4, -0.2) is 32.8 Å². The summed E-state index contributed by atoms with van der Waals surface area (Å²) in [6.45, 7) is 3.23. The lowest BCUT2D eigenvalue weighted by atomic mass is 10.1. The van der Waals surface area contributed by atoms with Crippen LogP contribution in [-0.2, 0) is 6.18 Å². The van der Waals surface area contributed by atoms with E-state index in [9.17, 15) is 18.0 Å². The van der Waals surface area contributed by atoms with E-state index in [4.69, 9.17) is 28.9 Å². The van der Waals surface area contributed by atoms with Crippen LogP contribution in [0.25, 0.3) is 5.82 Å². The molecular weight excluding hydrogens is 382 g/mol. The molecule has 0 aliphatic heterocycles. The summed E-state index contributed by atoms with van der Waals surface area (Å²) in [7, 11) is 0. The summed E-state index contributed by atoms with van der Waals surface area (Å²) in [5, 5.41) is 5.98. The first kappa shape index (κ1) is 19.5. The van der Waals surface area contributed by atoms with Gasteiger partial charge in [0.15, 0.2) is 11.5 Å². The first-order valence-corrected chi connectivity index (χ1v) is 7.69. The smallest absolute Gasteiger partial charge is 0.350 e. The maximum Gasteiger partial charge on any atom is 0.434 e. The number of nitrogens with zero attached hydrogens (tertiary/aromatic N) is 3. The van der Waals surface area contributed by atoms with E-state index < -0.39 is 28.9 Å². The highest BCUT2D eigenvalue weighted by molar-refractivity contribution is 6.35. The van der Waals surface area contributed by atoms with Crippen LogP contribution in [0.4, 0.5) is 13.2 Å². The second-order valence-corrected chi connectivity index (χ2v) is 6.79. The molecule has 2 aromatic rings. The van der Waals surface area contributed by atoms with E-state index >= 15 is 0 Å². The number of alkyl halides is 3. The molecule has 3 N–H and O–H groups in total. The zero-order valence-electron chi connectivity index (χ0n) is 13.2. The summed E-state index contributed by atoms with van der Waals surface area (Å²) >= 11 is 11.6. The molecular formula is C14H14Cl2F3N5O. The molecule has 136 valence electrons. The Hall–Kier alpha value is -1.84. The Bertz CT molecular complexity index is 799. The highest BCUT2D eigenvalue weighted by atomic mass is 35.5. The monoisotopic (exact) mass is 395 g/mol. The number of pyridine rings is 1. The lowest BCUT2D eigenvalue weighted by molar-refractivity contribution is -0.143. The molecule has 11 heteroatoms. The Kier molecular flexibility index (Phi) is 5.31. The highest BCUT2D eigenvalue weighted by Crippen LogP contribution is 2.35. The molecule has 2 rings (SSSR count). The Morgan fingerprint density at radius 3 is 2.48 bits per heavy atom. The molecule has 0 saturated heterocycles. The Balaban J connectivity index is 2.50. The second-order valence-electron chi connectivity index (χ2n) is 5.95. The van der Waals surface area contributed by atoms with Crippen molar-refractivity contribution in [3.63, 3.8) is 0 Å². The van der Waals surface area contributed by atoms with Gasteiger partial charge in [0, 0.05) is 18.3 Å². The maximum absolute atomic E-state index is 13.5. The summed E-state index contributed by atoms with van der Waals surface area (Å²) in [5.74, 6) is -1.25. The van der Waals surface area contributed by atoms with Crippen molar-refractivity contribution in [3.05, 3.63) is 39.8 Å². The lowest BCUT2D eigenvalue weighted by Gasteiger charge is -2.19. The van der Waals surface area contributed by atoms with Gasteiger partial charge in [-0.05, 0) is 19.9 Å². The minimum absolute atomic E-state index is 0.0196. The van der Waals surface area contributed by atoms with Gasteiger partial charge in [-0.1, -0.05) is 23.2 Å². The first-order valence-electron chi connectivity index (χ1n) is 6.94. The van der Waals surface area contributed by atoms with Crippen LogP contribution < -0.4 is 11.1 Å². The molecule has 0 saturated carbocycles. The number of nitrogens with one attached hydrogen (secondary N) is 1. The zero-order chi connectivity index (χ0) is 19.0. The largest absolute Gasteiger partial charge is 0.434 e. The molecule has 0 aromatic carbocycles. The number of carbonyl (C=O) groups excluding carboxylic acids is 1. The fraction of sp³-hybridized carbons (Fsp3) is 0.357. The summed E-state index contributed by atoms with van der Waals surface area (Å²) in [4.78, 5) is 15.9. The van der Waals surface area contributed by atoms with E-state index in [-0.39, 0.29) is 22.4 Å². The van der Waals surface area contributed by atoms with Crippen molar-refractivity contribution >= 4 is 29.1 Å². The Labute approximate surface area is 151 Å². The fourth-order valence-electron chi connectivity index (χ4n) is 1.91. The molecule has 0 radical (unpaired) electrons. The number of hydrogen-bond acceptors (Lipinski definition) is 4. The molecule has 1 amide bonds. The van der Waals surface area contributed by atoms with E-state index in [0.717, 1.165) is 12.4 Å². The first-order chi connectivity index (χ1) is 11.4. The topological polar surface area (TPSA) is 85.8 Å². The number of rotatable bonds is 4. The van der Waals surface area contributed by atoms with Crippen molar-refractivity contribution in [2.45, 2.75) is 25.6 Å². The maximum atomic E-state index is 13.5. The number of aromatic nitrogens is 3.